The molecule has 0 spiro atoms. The van der Waals surface area contributed by atoms with Crippen LogP contribution >= 0.6 is 0 Å². The zero-order chi connectivity index (χ0) is 26.2. The third-order valence-electron chi connectivity index (χ3n) is 7.95. The molecule has 0 fully saturated rings. The second-order valence-corrected chi connectivity index (χ2v) is 11.2. The Kier molecular flexibility index (Phi) is 23.0. The number of benzene rings is 1. The molecule has 35 heavy (non-hydrogen) atoms. The number of quaternary nitrogens is 1. The van der Waals surface area contributed by atoms with E-state index in [2.05, 4.69) is 34.5 Å². The fourth-order valence-corrected chi connectivity index (χ4v) is 5.41. The van der Waals surface area contributed by atoms with Gasteiger partial charge in [0, 0.05) is 0 Å². The number of nitrogens with zero attached hydrogens (tertiary/aromatic N) is 1. The van der Waals surface area contributed by atoms with E-state index in [1.807, 2.05) is 13.0 Å². The second kappa shape index (κ2) is 23.6. The summed E-state index contributed by atoms with van der Waals surface area (Å²) >= 11 is 0. The molecule has 0 N–H and O–H groups in total. The monoisotopic (exact) mass is 492 g/mol. The van der Waals surface area contributed by atoms with Gasteiger partial charge in [0.2, 0.25) is 0 Å². The van der Waals surface area contributed by atoms with Crippen molar-refractivity contribution >= 4 is 12.7 Å². The van der Waals surface area contributed by atoms with Gasteiger partial charge in [0.05, 0.1) is 26.2 Å². The molecular formula is C32H63BFN. The van der Waals surface area contributed by atoms with E-state index in [4.69, 9.17) is 0 Å². The lowest BCUT2D eigenvalue weighted by molar-refractivity contribution is -0.929. The fraction of sp³-hybridized carbons (Fsp3) is 0.812. The molecule has 0 aliphatic heterocycles. The van der Waals surface area contributed by atoms with E-state index in [1.165, 1.54) is 150 Å². The van der Waals surface area contributed by atoms with Crippen LogP contribution in [0.1, 0.15) is 136 Å². The predicted octanol–water partition coefficient (Wildman–Crippen LogP) is 9.10. The lowest BCUT2D eigenvalue weighted by Gasteiger charge is -2.39. The Morgan fingerprint density at radius 2 is 0.971 bits per heavy atom. The first-order chi connectivity index (χ1) is 17.0. The highest BCUT2D eigenvalue weighted by atomic mass is 19.1. The molecular weight excluding hydrogens is 428 g/mol. The average molecular weight is 492 g/mol. The van der Waals surface area contributed by atoms with Crippen molar-refractivity contribution in [1.29, 1.82) is 0 Å². The third kappa shape index (κ3) is 18.1. The van der Waals surface area contributed by atoms with Gasteiger partial charge in [-0.2, -0.15) is 6.82 Å². The first-order valence-corrected chi connectivity index (χ1v) is 16.0. The van der Waals surface area contributed by atoms with Crippen LogP contribution in [-0.2, 0) is 0 Å². The number of rotatable bonds is 21. The van der Waals surface area contributed by atoms with Gasteiger partial charge in [0.15, 0.2) is 0 Å². The summed E-state index contributed by atoms with van der Waals surface area (Å²) in [6.07, 6.45) is 22.8. The highest BCUT2D eigenvalue weighted by molar-refractivity contribution is 6.52. The zero-order valence-electron chi connectivity index (χ0n) is 25.2. The minimum absolute atomic E-state index is 0.0885. The number of halogens is 1. The minimum atomic E-state index is -0.105. The number of hydrogen-bond donors (Lipinski definition) is 0. The Bertz CT molecular complexity index is 535. The Balaban J connectivity index is 0.000000952. The molecule has 0 amide bonds. The predicted molar refractivity (Wildman–Crippen MR) is 161 cm³/mol. The molecule has 1 aromatic rings. The standard InChI is InChI=1S/C24H52N.C8H11BF/c1-5-9-13-17-21-25(22-18-14-10-6-2,23-19-15-11-7-3)24-20-16-12-8-4;1-6-3-4-7(10)5-8(6)9-2/h5-24H2,1-4H3;3-5H,9H2,1-2H3/q+1;-1. The van der Waals surface area contributed by atoms with Crippen LogP contribution in [0.15, 0.2) is 18.2 Å². The number of aryl methyl sites for hydroxylation is 1. The Morgan fingerprint density at radius 3 is 1.26 bits per heavy atom. The highest BCUT2D eigenvalue weighted by Crippen LogP contribution is 2.19. The van der Waals surface area contributed by atoms with E-state index < -0.39 is 0 Å². The van der Waals surface area contributed by atoms with Gasteiger partial charge in [-0.25, -0.2) is 9.85 Å². The van der Waals surface area contributed by atoms with Gasteiger partial charge in [0.25, 0.3) is 0 Å². The zero-order valence-corrected chi connectivity index (χ0v) is 25.2. The molecule has 1 aromatic carbocycles. The molecule has 0 saturated carbocycles. The summed E-state index contributed by atoms with van der Waals surface area (Å²) in [5.41, 5.74) is 2.45. The topological polar surface area (TPSA) is 0 Å². The van der Waals surface area contributed by atoms with E-state index in [1.54, 1.807) is 6.07 Å². The van der Waals surface area contributed by atoms with Gasteiger partial charge in [-0.1, -0.05) is 96.8 Å². The smallest absolute Gasteiger partial charge is 0.120 e. The first-order valence-electron chi connectivity index (χ1n) is 16.0. The number of unbranched alkanes of at least 4 members (excludes halogenated alkanes) is 12. The molecule has 0 bridgehead atoms. The van der Waals surface area contributed by atoms with Crippen LogP contribution in [0.5, 0.6) is 0 Å². The maximum Gasteiger partial charge on any atom is 0.120 e. The Hall–Kier alpha value is -0.825. The quantitative estimate of drug-likeness (QED) is 0.0914. The SMILES string of the molecule is CCCCCC[N+](CCCCCC)(CCCCCC)CCCCCC.C[BH2-]c1cc(F)ccc1C. The largest absolute Gasteiger partial charge is 0.324 e. The normalized spacial score (nSPS) is 11.4. The first kappa shape index (κ1) is 34.2. The molecule has 0 radical (unpaired) electrons. The molecule has 0 aromatic heterocycles. The van der Waals surface area contributed by atoms with E-state index in [0.29, 0.717) is 0 Å². The molecule has 0 heterocycles. The van der Waals surface area contributed by atoms with Gasteiger partial charge < -0.3 is 4.48 Å². The Labute approximate surface area is 221 Å². The Morgan fingerprint density at radius 1 is 0.600 bits per heavy atom. The minimum Gasteiger partial charge on any atom is -0.324 e. The van der Waals surface area contributed by atoms with Crippen LogP contribution in [-0.4, -0.2) is 37.9 Å². The highest BCUT2D eigenvalue weighted by Gasteiger charge is 2.25. The van der Waals surface area contributed by atoms with Gasteiger partial charge in [-0.15, -0.1) is 0 Å². The van der Waals surface area contributed by atoms with Crippen molar-refractivity contribution in [3.8, 4) is 0 Å². The lowest BCUT2D eigenvalue weighted by atomic mass is 9.71. The van der Waals surface area contributed by atoms with Crippen molar-refractivity contribution in [1.82, 2.24) is 0 Å². The fourth-order valence-electron chi connectivity index (χ4n) is 5.41. The maximum absolute atomic E-state index is 12.6. The summed E-state index contributed by atoms with van der Waals surface area (Å²) in [7, 11) is -0.0885. The summed E-state index contributed by atoms with van der Waals surface area (Å²) in [6.45, 7) is 19.4. The van der Waals surface area contributed by atoms with Gasteiger partial charge in [-0.05, 0) is 71.6 Å². The van der Waals surface area contributed by atoms with Gasteiger partial charge >= 0.3 is 0 Å². The molecule has 1 nitrogen and oxygen atoms in total. The van der Waals surface area contributed by atoms with Crippen molar-refractivity contribution in [3.05, 3.63) is 29.6 Å². The summed E-state index contributed by atoms with van der Waals surface area (Å²) in [4.78, 5) is 0. The molecule has 3 heteroatoms. The van der Waals surface area contributed by atoms with Crippen LogP contribution in [0.2, 0.25) is 6.82 Å². The molecule has 206 valence electrons. The van der Waals surface area contributed by atoms with Crippen LogP contribution in [0, 0.1) is 12.7 Å². The van der Waals surface area contributed by atoms with Crippen LogP contribution < -0.4 is 5.46 Å². The van der Waals surface area contributed by atoms with Gasteiger partial charge in [0.1, 0.15) is 5.82 Å². The van der Waals surface area contributed by atoms with Crippen molar-refractivity contribution in [3.63, 3.8) is 0 Å². The van der Waals surface area contributed by atoms with Crippen molar-refractivity contribution in [2.24, 2.45) is 0 Å². The maximum atomic E-state index is 12.6. The van der Waals surface area contributed by atoms with E-state index in [9.17, 15) is 4.39 Å². The molecule has 0 aliphatic rings. The summed E-state index contributed by atoms with van der Waals surface area (Å²) in [5.74, 6) is -0.105. The van der Waals surface area contributed by atoms with Crippen LogP contribution in [0.4, 0.5) is 4.39 Å². The van der Waals surface area contributed by atoms with E-state index >= 15 is 0 Å². The summed E-state index contributed by atoms with van der Waals surface area (Å²) in [6, 6.07) is 5.01. The molecule has 0 aliphatic carbocycles. The van der Waals surface area contributed by atoms with E-state index in [-0.39, 0.29) is 13.1 Å². The third-order valence-corrected chi connectivity index (χ3v) is 7.95. The summed E-state index contributed by atoms with van der Waals surface area (Å²) < 4.78 is 14.0. The van der Waals surface area contributed by atoms with Crippen LogP contribution in [0.25, 0.3) is 0 Å². The lowest BCUT2D eigenvalue weighted by Crippen LogP contribution is -2.50. The van der Waals surface area contributed by atoms with Crippen LogP contribution in [0.3, 0.4) is 0 Å². The molecule has 0 saturated heterocycles. The summed E-state index contributed by atoms with van der Waals surface area (Å²) in [5, 5.41) is 0. The van der Waals surface area contributed by atoms with Crippen molar-refractivity contribution < 1.29 is 8.87 Å². The molecule has 0 atom stereocenters. The van der Waals surface area contributed by atoms with E-state index in [0.717, 1.165) is 0 Å². The van der Waals surface area contributed by atoms with Crippen molar-refractivity contribution in [2.75, 3.05) is 26.2 Å². The average Bonchev–Trinajstić information content (AvgIpc) is 2.87. The second-order valence-electron chi connectivity index (χ2n) is 11.2. The number of hydrogen-bond acceptors (Lipinski definition) is 0. The molecule has 1 rings (SSSR count). The molecule has 0 unspecified atom stereocenters. The van der Waals surface area contributed by atoms with Gasteiger partial charge in [-0.3, -0.25) is 0 Å². The van der Waals surface area contributed by atoms with Crippen molar-refractivity contribution in [2.45, 2.75) is 144 Å².